The molecule has 0 bridgehead atoms. The van der Waals surface area contributed by atoms with Crippen LogP contribution in [0.15, 0.2) is 24.5 Å². The third-order valence-corrected chi connectivity index (χ3v) is 7.26. The summed E-state index contributed by atoms with van der Waals surface area (Å²) in [7, 11) is -0.207. The van der Waals surface area contributed by atoms with Crippen molar-refractivity contribution in [3.63, 3.8) is 0 Å². The van der Waals surface area contributed by atoms with Gasteiger partial charge in [-0.3, -0.25) is 4.79 Å². The number of carboxylic acid groups (broad SMARTS) is 1. The van der Waals surface area contributed by atoms with Crippen molar-refractivity contribution in [1.82, 2.24) is 13.9 Å². The molecule has 1 fully saturated rings. The van der Waals surface area contributed by atoms with Gasteiger partial charge in [-0.1, -0.05) is 0 Å². The summed E-state index contributed by atoms with van der Waals surface area (Å²) >= 11 is 0. The summed E-state index contributed by atoms with van der Waals surface area (Å²) in [4.78, 5) is 12.9. The van der Waals surface area contributed by atoms with Crippen LogP contribution >= 0.6 is 0 Å². The molecule has 0 unspecified atom stereocenters. The molecule has 1 aromatic carbocycles. The quantitative estimate of drug-likeness (QED) is 0.675. The van der Waals surface area contributed by atoms with E-state index in [0.717, 1.165) is 22.7 Å². The zero-order valence-corrected chi connectivity index (χ0v) is 18.5. The molecule has 0 amide bonds. The lowest BCUT2D eigenvalue weighted by molar-refractivity contribution is -0.122. The lowest BCUT2D eigenvalue weighted by Gasteiger charge is -2.24. The lowest BCUT2D eigenvalue weighted by Crippen LogP contribution is -2.32. The second kappa shape index (κ2) is 9.67. The van der Waals surface area contributed by atoms with Gasteiger partial charge in [-0.25, -0.2) is 17.7 Å². The molecule has 0 aliphatic carbocycles. The van der Waals surface area contributed by atoms with Crippen molar-refractivity contribution < 1.29 is 32.5 Å². The number of nitrogens with zero attached hydrogens (tertiary/aromatic N) is 3. The number of ether oxygens (including phenoxy) is 3. The molecule has 170 valence electrons. The van der Waals surface area contributed by atoms with E-state index in [4.69, 9.17) is 24.1 Å². The van der Waals surface area contributed by atoms with Gasteiger partial charge in [-0.2, -0.15) is 0 Å². The van der Waals surface area contributed by atoms with Gasteiger partial charge >= 0.3 is 0 Å². The van der Waals surface area contributed by atoms with Gasteiger partial charge in [0.2, 0.25) is 10.0 Å². The summed E-state index contributed by atoms with van der Waals surface area (Å²) in [5, 5.41) is 6.89. The number of carbonyl (C=O) groups is 1. The largest absolute Gasteiger partial charge is 0.486 e. The molecular formula is C20H27N3O7S. The molecule has 1 saturated heterocycles. The summed E-state index contributed by atoms with van der Waals surface area (Å²) in [5.41, 5.74) is 1.96. The van der Waals surface area contributed by atoms with E-state index in [0.29, 0.717) is 32.2 Å². The summed E-state index contributed by atoms with van der Waals surface area (Å²) in [6.45, 7) is 3.69. The maximum Gasteiger partial charge on any atom is 0.290 e. The van der Waals surface area contributed by atoms with Crippen molar-refractivity contribution in [3.05, 3.63) is 30.1 Å². The predicted octanol–water partition coefficient (Wildman–Crippen LogP) is 1.41. The van der Waals surface area contributed by atoms with E-state index in [1.807, 2.05) is 29.8 Å². The van der Waals surface area contributed by atoms with Gasteiger partial charge in [0, 0.05) is 38.0 Å². The van der Waals surface area contributed by atoms with Crippen LogP contribution in [0.2, 0.25) is 0 Å². The third kappa shape index (κ3) is 5.00. The highest BCUT2D eigenvalue weighted by atomic mass is 32.2. The second-order valence-corrected chi connectivity index (χ2v) is 9.73. The van der Waals surface area contributed by atoms with Gasteiger partial charge in [-0.15, -0.1) is 0 Å². The molecule has 2 aromatic rings. The van der Waals surface area contributed by atoms with Crippen LogP contribution in [0, 0.1) is 12.8 Å². The smallest absolute Gasteiger partial charge is 0.290 e. The van der Waals surface area contributed by atoms with Crippen molar-refractivity contribution in [2.24, 2.45) is 5.92 Å². The molecular weight excluding hydrogens is 426 g/mol. The Morgan fingerprint density at radius 1 is 1.23 bits per heavy atom. The van der Waals surface area contributed by atoms with Crippen molar-refractivity contribution in [2.75, 3.05) is 46.3 Å². The van der Waals surface area contributed by atoms with Crippen molar-refractivity contribution in [2.45, 2.75) is 13.0 Å². The summed E-state index contributed by atoms with van der Waals surface area (Å²) in [6.07, 6.45) is 3.63. The standard InChI is InChI=1S/C19H25N3O5S.CH2O2/c1-13-8-17-18(27-7-6-26-17)9-15(13)19-20-4-5-22(19)16-11-25-10-14(16)12-28(23,24)21(2)3;2-1-3/h4-5,8-9,14,16H,6-7,10-12H2,1-3H3;1H,(H,2,3)/t14-,16+;/m0./s1. The first kappa shape index (κ1) is 23.0. The predicted molar refractivity (Wildman–Crippen MR) is 113 cm³/mol. The Balaban J connectivity index is 0.000000858. The third-order valence-electron chi connectivity index (χ3n) is 5.30. The SMILES string of the molecule is Cc1cc2c(cc1-c1nccn1[C@@H]1COC[C@H]1CS(=O)(=O)N(C)C)OCCO2.O=CO. The fourth-order valence-corrected chi connectivity index (χ4v) is 4.85. The van der Waals surface area contributed by atoms with E-state index in [2.05, 4.69) is 4.98 Å². The van der Waals surface area contributed by atoms with Crippen LogP contribution < -0.4 is 9.47 Å². The van der Waals surface area contributed by atoms with E-state index < -0.39 is 10.0 Å². The Labute approximate surface area is 181 Å². The monoisotopic (exact) mass is 453 g/mol. The molecule has 2 aliphatic rings. The van der Waals surface area contributed by atoms with Gasteiger partial charge in [0.05, 0.1) is 25.0 Å². The van der Waals surface area contributed by atoms with Crippen LogP contribution in [0.25, 0.3) is 11.4 Å². The maximum atomic E-state index is 12.4. The van der Waals surface area contributed by atoms with Crippen molar-refractivity contribution >= 4 is 16.5 Å². The molecule has 2 aliphatic heterocycles. The van der Waals surface area contributed by atoms with Gasteiger partial charge in [-0.05, 0) is 24.6 Å². The fraction of sp³-hybridized carbons (Fsp3) is 0.500. The topological polar surface area (TPSA) is 120 Å². The highest BCUT2D eigenvalue weighted by Gasteiger charge is 2.35. The Hall–Kier alpha value is -2.63. The van der Waals surface area contributed by atoms with E-state index >= 15 is 0 Å². The fourth-order valence-electron chi connectivity index (χ4n) is 3.69. The van der Waals surface area contributed by atoms with Gasteiger partial charge in [0.15, 0.2) is 11.5 Å². The zero-order valence-electron chi connectivity index (χ0n) is 17.7. The molecule has 31 heavy (non-hydrogen) atoms. The van der Waals surface area contributed by atoms with Crippen LogP contribution in [-0.2, 0) is 19.6 Å². The second-order valence-electron chi connectivity index (χ2n) is 7.50. The first-order valence-corrected chi connectivity index (χ1v) is 11.4. The number of imidazole rings is 1. The highest BCUT2D eigenvalue weighted by Crippen LogP contribution is 2.38. The van der Waals surface area contributed by atoms with Crippen LogP contribution in [-0.4, -0.2) is 80.1 Å². The first-order valence-electron chi connectivity index (χ1n) is 9.77. The summed E-state index contributed by atoms with van der Waals surface area (Å²) in [6, 6.07) is 3.81. The van der Waals surface area contributed by atoms with Gasteiger partial charge in [0.1, 0.15) is 19.0 Å². The zero-order chi connectivity index (χ0) is 22.6. The van der Waals surface area contributed by atoms with Crippen LogP contribution in [0.5, 0.6) is 11.5 Å². The minimum atomic E-state index is -3.32. The van der Waals surface area contributed by atoms with E-state index in [1.165, 1.54) is 4.31 Å². The van der Waals surface area contributed by atoms with Gasteiger partial charge < -0.3 is 23.9 Å². The molecule has 1 N–H and O–H groups in total. The van der Waals surface area contributed by atoms with Gasteiger partial charge in [0.25, 0.3) is 6.47 Å². The van der Waals surface area contributed by atoms with Crippen molar-refractivity contribution in [3.8, 4) is 22.9 Å². The molecule has 1 aromatic heterocycles. The van der Waals surface area contributed by atoms with Crippen molar-refractivity contribution in [1.29, 1.82) is 0 Å². The molecule has 4 rings (SSSR count). The Morgan fingerprint density at radius 2 is 1.87 bits per heavy atom. The van der Waals surface area contributed by atoms with Crippen LogP contribution in [0.4, 0.5) is 0 Å². The Morgan fingerprint density at radius 3 is 2.52 bits per heavy atom. The van der Waals surface area contributed by atoms with Crippen LogP contribution in [0.3, 0.4) is 0 Å². The number of sulfonamides is 1. The number of hydrogen-bond acceptors (Lipinski definition) is 7. The number of aromatic nitrogens is 2. The first-order chi connectivity index (χ1) is 14.8. The highest BCUT2D eigenvalue weighted by molar-refractivity contribution is 7.89. The van der Waals surface area contributed by atoms with E-state index in [9.17, 15) is 8.42 Å². The van der Waals surface area contributed by atoms with E-state index in [1.54, 1.807) is 20.3 Å². The lowest BCUT2D eigenvalue weighted by atomic mass is 10.0. The number of rotatable bonds is 5. The summed E-state index contributed by atoms with van der Waals surface area (Å²) < 4.78 is 45.1. The molecule has 3 heterocycles. The maximum absolute atomic E-state index is 12.4. The minimum Gasteiger partial charge on any atom is -0.486 e. The van der Waals surface area contributed by atoms with Crippen LogP contribution in [0.1, 0.15) is 11.6 Å². The number of benzene rings is 1. The molecule has 0 radical (unpaired) electrons. The molecule has 2 atom stereocenters. The summed E-state index contributed by atoms with van der Waals surface area (Å²) in [5.74, 6) is 2.12. The van der Waals surface area contributed by atoms with E-state index in [-0.39, 0.29) is 24.2 Å². The molecule has 11 heteroatoms. The molecule has 0 spiro atoms. The number of hydrogen-bond donors (Lipinski definition) is 1. The average molecular weight is 454 g/mol. The number of fused-ring (bicyclic) bond motifs is 1. The minimum absolute atomic E-state index is 0.0441. The normalized spacial score (nSPS) is 20.3. The Kier molecular flexibility index (Phi) is 7.19. The molecule has 10 nitrogen and oxygen atoms in total. The molecule has 0 saturated carbocycles. The Bertz CT molecular complexity index is 1020. The number of aryl methyl sites for hydroxylation is 1. The average Bonchev–Trinajstić information content (AvgIpc) is 3.36.